The summed E-state index contributed by atoms with van der Waals surface area (Å²) in [6, 6.07) is 6.00. The highest BCUT2D eigenvalue weighted by Gasteiger charge is 2.29. The average molecular weight is 388 g/mol. The molecule has 0 bridgehead atoms. The minimum Gasteiger partial charge on any atom is -0.377 e. The summed E-state index contributed by atoms with van der Waals surface area (Å²) in [4.78, 5) is 29.4. The summed E-state index contributed by atoms with van der Waals surface area (Å²) >= 11 is 0. The number of hydrogen-bond donors (Lipinski definition) is 1. The van der Waals surface area contributed by atoms with E-state index >= 15 is 0 Å². The largest absolute Gasteiger partial charge is 0.377 e. The molecule has 0 radical (unpaired) electrons. The molecule has 0 atom stereocenters. The molecular weight excluding hydrogens is 350 g/mol. The van der Waals surface area contributed by atoms with E-state index in [-0.39, 0.29) is 17.7 Å². The van der Waals surface area contributed by atoms with Gasteiger partial charge in [0.2, 0.25) is 11.8 Å². The van der Waals surface area contributed by atoms with E-state index in [1.165, 1.54) is 0 Å². The molecule has 0 spiro atoms. The van der Waals surface area contributed by atoms with Gasteiger partial charge >= 0.3 is 0 Å². The van der Waals surface area contributed by atoms with Crippen molar-refractivity contribution in [3.63, 3.8) is 0 Å². The Kier molecular flexibility index (Phi) is 7.13. The second kappa shape index (κ2) is 8.97. The molecule has 1 fully saturated rings. The molecule has 1 saturated carbocycles. The fourth-order valence-corrected chi connectivity index (χ4v) is 3.48. The Morgan fingerprint density at radius 3 is 2.29 bits per heavy atom. The van der Waals surface area contributed by atoms with Gasteiger partial charge in [0.05, 0.1) is 0 Å². The van der Waals surface area contributed by atoms with Crippen LogP contribution < -0.4 is 10.2 Å². The number of anilines is 2. The molecule has 2 amide bonds. The monoisotopic (exact) mass is 387 g/mol. The van der Waals surface area contributed by atoms with Crippen LogP contribution in [0.15, 0.2) is 18.2 Å². The lowest BCUT2D eigenvalue weighted by Crippen LogP contribution is -2.41. The lowest BCUT2D eigenvalue weighted by atomic mass is 9.85. The number of amides is 2. The van der Waals surface area contributed by atoms with Crippen molar-refractivity contribution in [2.75, 3.05) is 30.9 Å². The van der Waals surface area contributed by atoms with E-state index < -0.39 is 5.41 Å². The molecule has 5 nitrogen and oxygen atoms in total. The van der Waals surface area contributed by atoms with Crippen LogP contribution in [0.1, 0.15) is 59.4 Å². The summed E-state index contributed by atoms with van der Waals surface area (Å²) < 4.78 is 0. The predicted molar refractivity (Wildman–Crippen MR) is 116 cm³/mol. The quantitative estimate of drug-likeness (QED) is 0.748. The van der Waals surface area contributed by atoms with E-state index in [0.29, 0.717) is 19.0 Å². The molecule has 1 N–H and O–H groups in total. The minimum atomic E-state index is -0.427. The first-order chi connectivity index (χ1) is 13.0. The molecule has 0 aromatic heterocycles. The van der Waals surface area contributed by atoms with Crippen LogP contribution in [0.3, 0.4) is 0 Å². The van der Waals surface area contributed by atoms with Crippen LogP contribution in [0.4, 0.5) is 11.4 Å². The number of carbonyl (C=O) groups excluding carboxylic acids is 2. The van der Waals surface area contributed by atoms with Crippen molar-refractivity contribution in [2.45, 2.75) is 60.4 Å². The molecule has 1 aliphatic rings. The Hall–Kier alpha value is -2.04. The zero-order valence-electron chi connectivity index (χ0n) is 18.6. The molecule has 1 aromatic carbocycles. The van der Waals surface area contributed by atoms with E-state index in [2.05, 4.69) is 24.1 Å². The Balaban J connectivity index is 2.29. The third-order valence-electron chi connectivity index (χ3n) is 5.18. The van der Waals surface area contributed by atoms with Crippen LogP contribution in [-0.2, 0) is 16.1 Å². The van der Waals surface area contributed by atoms with Gasteiger partial charge in [-0.15, -0.1) is 0 Å². The van der Waals surface area contributed by atoms with E-state index in [1.54, 1.807) is 0 Å². The minimum absolute atomic E-state index is 0.111. The molecule has 28 heavy (non-hydrogen) atoms. The van der Waals surface area contributed by atoms with Crippen LogP contribution in [-0.4, -0.2) is 37.4 Å². The maximum Gasteiger partial charge on any atom is 0.228 e. The third kappa shape index (κ3) is 5.73. The molecule has 2 rings (SSSR count). The van der Waals surface area contributed by atoms with Gasteiger partial charge in [-0.3, -0.25) is 9.59 Å². The lowest BCUT2D eigenvalue weighted by Gasteiger charge is -2.32. The smallest absolute Gasteiger partial charge is 0.228 e. The van der Waals surface area contributed by atoms with Gasteiger partial charge in [-0.05, 0) is 42.5 Å². The highest BCUT2D eigenvalue weighted by molar-refractivity contribution is 5.93. The Bertz CT molecular complexity index is 700. The highest BCUT2D eigenvalue weighted by atomic mass is 16.2. The normalized spacial score (nSPS) is 14.6. The van der Waals surface area contributed by atoms with Gasteiger partial charge < -0.3 is 15.1 Å². The van der Waals surface area contributed by atoms with Gasteiger partial charge in [0.15, 0.2) is 0 Å². The SMILES string of the molecule is CC(C)CN(Cc1cc(NC(=O)C2CCC2)ccc1N(C)C)C(=O)C(C)(C)C. The average Bonchev–Trinajstić information content (AvgIpc) is 2.50. The summed E-state index contributed by atoms with van der Waals surface area (Å²) in [6.07, 6.45) is 3.11. The molecule has 0 unspecified atom stereocenters. The Morgan fingerprint density at radius 1 is 1.18 bits per heavy atom. The molecule has 5 heteroatoms. The van der Waals surface area contributed by atoms with Crippen molar-refractivity contribution in [3.05, 3.63) is 23.8 Å². The molecule has 0 aliphatic heterocycles. The second-order valence-corrected chi connectivity index (χ2v) is 9.68. The zero-order chi connectivity index (χ0) is 21.1. The van der Waals surface area contributed by atoms with Crippen molar-refractivity contribution in [2.24, 2.45) is 17.3 Å². The van der Waals surface area contributed by atoms with Gasteiger partial charge in [-0.1, -0.05) is 41.0 Å². The van der Waals surface area contributed by atoms with Crippen LogP contribution in [0, 0.1) is 17.3 Å². The summed E-state index contributed by atoms with van der Waals surface area (Å²) in [7, 11) is 4.01. The van der Waals surface area contributed by atoms with Crippen molar-refractivity contribution >= 4 is 23.2 Å². The number of nitrogens with zero attached hydrogens (tertiary/aromatic N) is 2. The maximum absolute atomic E-state index is 13.0. The summed E-state index contributed by atoms with van der Waals surface area (Å²) in [5.74, 6) is 0.793. The number of carbonyl (C=O) groups is 2. The van der Waals surface area contributed by atoms with Crippen molar-refractivity contribution in [1.29, 1.82) is 0 Å². The Labute approximate surface area is 170 Å². The zero-order valence-corrected chi connectivity index (χ0v) is 18.6. The summed E-state index contributed by atoms with van der Waals surface area (Å²) in [6.45, 7) is 11.4. The summed E-state index contributed by atoms with van der Waals surface area (Å²) in [5.41, 5.74) is 2.50. The van der Waals surface area contributed by atoms with Crippen LogP contribution in [0.5, 0.6) is 0 Å². The maximum atomic E-state index is 13.0. The third-order valence-corrected chi connectivity index (χ3v) is 5.18. The topological polar surface area (TPSA) is 52.7 Å². The molecule has 0 saturated heterocycles. The number of hydrogen-bond acceptors (Lipinski definition) is 3. The van der Waals surface area contributed by atoms with Gasteiger partial charge in [-0.25, -0.2) is 0 Å². The van der Waals surface area contributed by atoms with Crippen molar-refractivity contribution in [3.8, 4) is 0 Å². The van der Waals surface area contributed by atoms with E-state index in [9.17, 15) is 9.59 Å². The van der Waals surface area contributed by atoms with Gasteiger partial charge in [-0.2, -0.15) is 0 Å². The standard InChI is InChI=1S/C23H37N3O2/c1-16(2)14-26(22(28)23(3,4)5)15-18-13-19(11-12-20(18)25(6)7)24-21(27)17-9-8-10-17/h11-13,16-17H,8-10,14-15H2,1-7H3,(H,24,27). The van der Waals surface area contributed by atoms with E-state index in [0.717, 1.165) is 36.2 Å². The Morgan fingerprint density at radius 2 is 1.82 bits per heavy atom. The van der Waals surface area contributed by atoms with E-state index in [1.807, 2.05) is 58.0 Å². The first kappa shape index (κ1) is 22.3. The fraction of sp³-hybridized carbons (Fsp3) is 0.652. The fourth-order valence-electron chi connectivity index (χ4n) is 3.48. The first-order valence-electron chi connectivity index (χ1n) is 10.4. The second-order valence-electron chi connectivity index (χ2n) is 9.68. The van der Waals surface area contributed by atoms with Crippen LogP contribution >= 0.6 is 0 Å². The number of benzene rings is 1. The van der Waals surface area contributed by atoms with Gasteiger partial charge in [0.1, 0.15) is 0 Å². The molecule has 1 aromatic rings. The van der Waals surface area contributed by atoms with Crippen LogP contribution in [0.2, 0.25) is 0 Å². The van der Waals surface area contributed by atoms with E-state index in [4.69, 9.17) is 0 Å². The lowest BCUT2D eigenvalue weighted by molar-refractivity contribution is -0.140. The molecule has 1 aliphatic carbocycles. The highest BCUT2D eigenvalue weighted by Crippen LogP contribution is 2.30. The molecule has 0 heterocycles. The molecule has 156 valence electrons. The van der Waals surface area contributed by atoms with Crippen molar-refractivity contribution < 1.29 is 9.59 Å². The van der Waals surface area contributed by atoms with Crippen LogP contribution in [0.25, 0.3) is 0 Å². The summed E-state index contributed by atoms with van der Waals surface area (Å²) in [5, 5.41) is 3.06. The molecular formula is C23H37N3O2. The van der Waals surface area contributed by atoms with Crippen molar-refractivity contribution in [1.82, 2.24) is 4.90 Å². The number of nitrogens with one attached hydrogen (secondary N) is 1. The predicted octanol–water partition coefficient (Wildman–Crippen LogP) is 4.52. The van der Waals surface area contributed by atoms with Gasteiger partial charge in [0, 0.05) is 49.9 Å². The van der Waals surface area contributed by atoms with Gasteiger partial charge in [0.25, 0.3) is 0 Å². The first-order valence-corrected chi connectivity index (χ1v) is 10.4. The number of rotatable bonds is 7.